The van der Waals surface area contributed by atoms with Crippen LogP contribution in [0.4, 0.5) is 0 Å². The van der Waals surface area contributed by atoms with Crippen molar-refractivity contribution in [2.75, 3.05) is 7.11 Å². The van der Waals surface area contributed by atoms with Gasteiger partial charge in [0.15, 0.2) is 0 Å². The summed E-state index contributed by atoms with van der Waals surface area (Å²) >= 11 is 6.24. The summed E-state index contributed by atoms with van der Waals surface area (Å²) in [6.45, 7) is 3.00. The van der Waals surface area contributed by atoms with Crippen LogP contribution in [0.3, 0.4) is 0 Å². The van der Waals surface area contributed by atoms with E-state index in [0.717, 1.165) is 35.1 Å². The summed E-state index contributed by atoms with van der Waals surface area (Å²) in [4.78, 5) is 4.64. The number of alkyl halides is 1. The molecule has 1 aliphatic carbocycles. The van der Waals surface area contributed by atoms with E-state index in [1.165, 1.54) is 12.8 Å². The number of methoxy groups -OCH3 is 1. The summed E-state index contributed by atoms with van der Waals surface area (Å²) in [6.07, 6.45) is 2.64. The number of nitrogens with zero attached hydrogens (tertiary/aromatic N) is 2. The van der Waals surface area contributed by atoms with E-state index < -0.39 is 0 Å². The topological polar surface area (TPSA) is 27.1 Å². The maximum absolute atomic E-state index is 6.24. The smallest absolute Gasteiger partial charge is 0.127 e. The lowest BCUT2D eigenvalue weighted by molar-refractivity contribution is 0.415. The lowest BCUT2D eigenvalue weighted by Crippen LogP contribution is -2.05. The Labute approximate surface area is 112 Å². The molecule has 0 aliphatic heterocycles. The Morgan fingerprint density at radius 1 is 1.50 bits per heavy atom. The van der Waals surface area contributed by atoms with Crippen LogP contribution >= 0.6 is 11.6 Å². The summed E-state index contributed by atoms with van der Waals surface area (Å²) in [7, 11) is 1.69. The number of hydrogen-bond donors (Lipinski definition) is 0. The van der Waals surface area contributed by atoms with Gasteiger partial charge in [-0.05, 0) is 37.8 Å². The van der Waals surface area contributed by atoms with Crippen LogP contribution in [0.25, 0.3) is 11.0 Å². The Hall–Kier alpha value is -1.22. The Morgan fingerprint density at radius 3 is 2.89 bits per heavy atom. The summed E-state index contributed by atoms with van der Waals surface area (Å²) in [6, 6.07) is 5.99. The SMILES string of the molecule is COc1ccc2nc(C(C)Cl)n(CC3CC3)c2c1. The fraction of sp³-hybridized carbons (Fsp3) is 0.500. The number of ether oxygens (including phenoxy) is 1. The van der Waals surface area contributed by atoms with Gasteiger partial charge < -0.3 is 9.30 Å². The molecule has 3 rings (SSSR count). The molecular weight excluding hydrogens is 248 g/mol. The second-order valence-corrected chi connectivity index (χ2v) is 5.65. The standard InChI is InChI=1S/C14H17ClN2O/c1-9(15)14-16-12-6-5-11(18-2)7-13(12)17(14)8-10-3-4-10/h5-7,9-10H,3-4,8H2,1-2H3. The average molecular weight is 265 g/mol. The predicted molar refractivity (Wildman–Crippen MR) is 73.3 cm³/mol. The summed E-state index contributed by atoms with van der Waals surface area (Å²) in [5.74, 6) is 2.63. The van der Waals surface area contributed by atoms with E-state index in [0.29, 0.717) is 0 Å². The van der Waals surface area contributed by atoms with Gasteiger partial charge in [0.2, 0.25) is 0 Å². The van der Waals surface area contributed by atoms with Crippen molar-refractivity contribution in [3.63, 3.8) is 0 Å². The highest BCUT2D eigenvalue weighted by atomic mass is 35.5. The number of imidazole rings is 1. The number of hydrogen-bond acceptors (Lipinski definition) is 2. The first kappa shape index (κ1) is 11.8. The molecule has 0 radical (unpaired) electrons. The van der Waals surface area contributed by atoms with Crippen LogP contribution in [0.2, 0.25) is 0 Å². The Balaban J connectivity index is 2.14. The van der Waals surface area contributed by atoms with Crippen molar-refractivity contribution in [1.29, 1.82) is 0 Å². The fourth-order valence-corrected chi connectivity index (χ4v) is 2.47. The molecule has 1 aromatic carbocycles. The average Bonchev–Trinajstić information content (AvgIpc) is 3.10. The van der Waals surface area contributed by atoms with Gasteiger partial charge in [-0.2, -0.15) is 0 Å². The molecule has 18 heavy (non-hydrogen) atoms. The van der Waals surface area contributed by atoms with Crippen LogP contribution in [0, 0.1) is 5.92 Å². The monoisotopic (exact) mass is 264 g/mol. The van der Waals surface area contributed by atoms with Gasteiger partial charge in [0.25, 0.3) is 0 Å². The molecule has 0 bridgehead atoms. The predicted octanol–water partition coefficient (Wildman–Crippen LogP) is 3.75. The highest BCUT2D eigenvalue weighted by Gasteiger charge is 2.25. The molecule has 0 saturated heterocycles. The van der Waals surface area contributed by atoms with E-state index in [9.17, 15) is 0 Å². The Kier molecular flexibility index (Phi) is 2.94. The first-order valence-corrected chi connectivity index (χ1v) is 6.81. The molecule has 2 aromatic rings. The zero-order valence-corrected chi connectivity index (χ0v) is 11.4. The molecule has 0 amide bonds. The third-order valence-corrected chi connectivity index (χ3v) is 3.67. The maximum Gasteiger partial charge on any atom is 0.127 e. The molecular formula is C14H17ClN2O. The first-order chi connectivity index (χ1) is 8.69. The van der Waals surface area contributed by atoms with Crippen LogP contribution in [-0.2, 0) is 6.54 Å². The van der Waals surface area contributed by atoms with Gasteiger partial charge in [-0.25, -0.2) is 4.98 Å². The molecule has 96 valence electrons. The molecule has 1 atom stereocenters. The van der Waals surface area contributed by atoms with Crippen LogP contribution in [0.15, 0.2) is 18.2 Å². The number of benzene rings is 1. The van der Waals surface area contributed by atoms with Crippen molar-refractivity contribution in [1.82, 2.24) is 9.55 Å². The lowest BCUT2D eigenvalue weighted by atomic mass is 10.3. The second kappa shape index (κ2) is 4.47. The van der Waals surface area contributed by atoms with E-state index in [1.54, 1.807) is 7.11 Å². The molecule has 0 spiro atoms. The van der Waals surface area contributed by atoms with Gasteiger partial charge in [0.05, 0.1) is 23.5 Å². The highest BCUT2D eigenvalue weighted by Crippen LogP contribution is 2.35. The maximum atomic E-state index is 6.24. The second-order valence-electron chi connectivity index (χ2n) is 4.99. The molecule has 0 N–H and O–H groups in total. The van der Waals surface area contributed by atoms with Crippen molar-refractivity contribution < 1.29 is 4.74 Å². The minimum atomic E-state index is -0.0675. The Morgan fingerprint density at radius 2 is 2.28 bits per heavy atom. The third kappa shape index (κ3) is 2.07. The molecule has 1 fully saturated rings. The molecule has 3 nitrogen and oxygen atoms in total. The normalized spacial score (nSPS) is 17.1. The van der Waals surface area contributed by atoms with Gasteiger partial charge in [-0.1, -0.05) is 0 Å². The van der Waals surface area contributed by atoms with Crippen molar-refractivity contribution in [3.05, 3.63) is 24.0 Å². The lowest BCUT2D eigenvalue weighted by Gasteiger charge is -2.10. The van der Waals surface area contributed by atoms with Gasteiger partial charge in [-0.15, -0.1) is 11.6 Å². The molecule has 1 unspecified atom stereocenters. The number of fused-ring (bicyclic) bond motifs is 1. The molecule has 4 heteroatoms. The molecule has 1 aliphatic rings. The largest absolute Gasteiger partial charge is 0.497 e. The molecule has 1 heterocycles. The quantitative estimate of drug-likeness (QED) is 0.787. The summed E-state index contributed by atoms with van der Waals surface area (Å²) in [5, 5.41) is -0.0675. The van der Waals surface area contributed by atoms with Crippen molar-refractivity contribution in [3.8, 4) is 5.75 Å². The Bertz CT molecular complexity index is 572. The zero-order valence-electron chi connectivity index (χ0n) is 10.7. The van der Waals surface area contributed by atoms with E-state index in [-0.39, 0.29) is 5.38 Å². The van der Waals surface area contributed by atoms with E-state index in [2.05, 4.69) is 9.55 Å². The van der Waals surface area contributed by atoms with Crippen molar-refractivity contribution >= 4 is 22.6 Å². The van der Waals surface area contributed by atoms with Gasteiger partial charge in [0.1, 0.15) is 11.6 Å². The molecule has 1 saturated carbocycles. The highest BCUT2D eigenvalue weighted by molar-refractivity contribution is 6.20. The van der Waals surface area contributed by atoms with Gasteiger partial charge in [0, 0.05) is 12.6 Å². The minimum absolute atomic E-state index is 0.0675. The van der Waals surface area contributed by atoms with Crippen LogP contribution in [0.1, 0.15) is 31.0 Å². The van der Waals surface area contributed by atoms with Crippen molar-refractivity contribution in [2.24, 2.45) is 5.92 Å². The fourth-order valence-electron chi connectivity index (χ4n) is 2.30. The molecule has 1 aromatic heterocycles. The summed E-state index contributed by atoms with van der Waals surface area (Å²) in [5.41, 5.74) is 2.13. The minimum Gasteiger partial charge on any atom is -0.497 e. The third-order valence-electron chi connectivity index (χ3n) is 3.48. The first-order valence-electron chi connectivity index (χ1n) is 6.37. The summed E-state index contributed by atoms with van der Waals surface area (Å²) < 4.78 is 7.55. The van der Waals surface area contributed by atoms with Gasteiger partial charge in [-0.3, -0.25) is 0 Å². The van der Waals surface area contributed by atoms with Gasteiger partial charge >= 0.3 is 0 Å². The van der Waals surface area contributed by atoms with Crippen molar-refractivity contribution in [2.45, 2.75) is 31.7 Å². The van der Waals surface area contributed by atoms with Crippen LogP contribution < -0.4 is 4.74 Å². The zero-order chi connectivity index (χ0) is 12.7. The number of aromatic nitrogens is 2. The number of halogens is 1. The van der Waals surface area contributed by atoms with Crippen LogP contribution in [-0.4, -0.2) is 16.7 Å². The number of rotatable bonds is 4. The van der Waals surface area contributed by atoms with E-state index in [1.807, 2.05) is 25.1 Å². The van der Waals surface area contributed by atoms with E-state index >= 15 is 0 Å². The van der Waals surface area contributed by atoms with Crippen LogP contribution in [0.5, 0.6) is 5.75 Å². The van der Waals surface area contributed by atoms with E-state index in [4.69, 9.17) is 16.3 Å².